The van der Waals surface area contributed by atoms with Crippen molar-refractivity contribution in [3.63, 3.8) is 0 Å². The molecule has 3 heteroatoms. The van der Waals surface area contributed by atoms with Crippen molar-refractivity contribution >= 4 is 21.7 Å². The summed E-state index contributed by atoms with van der Waals surface area (Å²) in [5, 5.41) is 0. The monoisotopic (exact) mass is 309 g/mol. The highest BCUT2D eigenvalue weighted by Gasteiger charge is 2.30. The number of nitrogens with zero attached hydrogens (tertiary/aromatic N) is 1. The highest BCUT2D eigenvalue weighted by atomic mass is 79.9. The Bertz CT molecular complexity index is 426. The Hall–Kier alpha value is -0.670. The number of halogens is 1. The largest absolute Gasteiger partial charge is 0.293 e. The lowest BCUT2D eigenvalue weighted by molar-refractivity contribution is 0.0915. The van der Waals surface area contributed by atoms with Gasteiger partial charge in [-0.2, -0.15) is 0 Å². The van der Waals surface area contributed by atoms with E-state index in [2.05, 4.69) is 34.7 Å². The van der Waals surface area contributed by atoms with Crippen molar-refractivity contribution in [3.05, 3.63) is 34.3 Å². The smallest absolute Gasteiger partial charge is 0.176 e. The molecule has 1 aliphatic rings. The molecule has 1 saturated carbocycles. The molecule has 0 spiro atoms. The maximum absolute atomic E-state index is 12.3. The van der Waals surface area contributed by atoms with Gasteiger partial charge >= 0.3 is 0 Å². The van der Waals surface area contributed by atoms with Crippen LogP contribution in [0.1, 0.15) is 37.0 Å². The molecule has 0 radical (unpaired) electrons. The van der Waals surface area contributed by atoms with E-state index >= 15 is 0 Å². The average molecular weight is 310 g/mol. The standard InChI is InChI=1S/C15H20BrNO/c1-11(2)9-17(14-6-7-14)10-15(18)12-4-3-5-13(16)8-12/h3-5,8,11,14H,6-7,9-10H2,1-2H3. The third kappa shape index (κ3) is 3.92. The predicted octanol–water partition coefficient (Wildman–Crippen LogP) is 3.75. The lowest BCUT2D eigenvalue weighted by Gasteiger charge is -2.23. The number of ketones is 1. The van der Waals surface area contributed by atoms with Crippen LogP contribution in [0.5, 0.6) is 0 Å². The lowest BCUT2D eigenvalue weighted by atomic mass is 10.1. The van der Waals surface area contributed by atoms with Gasteiger partial charge in [-0.15, -0.1) is 0 Å². The van der Waals surface area contributed by atoms with Crippen molar-refractivity contribution in [2.75, 3.05) is 13.1 Å². The molecule has 0 aliphatic heterocycles. The van der Waals surface area contributed by atoms with Gasteiger partial charge in [-0.25, -0.2) is 0 Å². The molecule has 2 nitrogen and oxygen atoms in total. The third-order valence-electron chi connectivity index (χ3n) is 3.16. The summed E-state index contributed by atoms with van der Waals surface area (Å²) in [5.41, 5.74) is 0.804. The molecule has 1 aliphatic carbocycles. The molecule has 2 rings (SSSR count). The molecule has 1 aromatic carbocycles. The van der Waals surface area contributed by atoms with Crippen LogP contribution < -0.4 is 0 Å². The molecule has 1 fully saturated rings. The van der Waals surface area contributed by atoms with Crippen molar-refractivity contribution < 1.29 is 4.79 Å². The fourth-order valence-electron chi connectivity index (χ4n) is 2.19. The van der Waals surface area contributed by atoms with Crippen LogP contribution in [-0.4, -0.2) is 29.8 Å². The van der Waals surface area contributed by atoms with Gasteiger partial charge in [-0.05, 0) is 30.9 Å². The second kappa shape index (κ2) is 5.98. The van der Waals surface area contributed by atoms with Crippen LogP contribution >= 0.6 is 15.9 Å². The number of carbonyl (C=O) groups is 1. The second-order valence-corrected chi connectivity index (χ2v) is 6.40. The van der Waals surface area contributed by atoms with E-state index in [1.807, 2.05) is 24.3 Å². The first-order valence-corrected chi connectivity index (χ1v) is 7.38. The molecule has 0 amide bonds. The molecule has 98 valence electrons. The van der Waals surface area contributed by atoms with E-state index in [4.69, 9.17) is 0 Å². The molecular formula is C15H20BrNO. The fourth-order valence-corrected chi connectivity index (χ4v) is 2.59. The van der Waals surface area contributed by atoms with Crippen LogP contribution in [0.25, 0.3) is 0 Å². The molecule has 18 heavy (non-hydrogen) atoms. The van der Waals surface area contributed by atoms with E-state index in [0.29, 0.717) is 18.5 Å². The van der Waals surface area contributed by atoms with Crippen LogP contribution in [0, 0.1) is 5.92 Å². The minimum atomic E-state index is 0.226. The Morgan fingerprint density at radius 3 is 2.72 bits per heavy atom. The van der Waals surface area contributed by atoms with Crippen molar-refractivity contribution in [2.45, 2.75) is 32.7 Å². The molecule has 0 bridgehead atoms. The van der Waals surface area contributed by atoms with Crippen LogP contribution in [0.15, 0.2) is 28.7 Å². The summed E-state index contributed by atoms with van der Waals surface area (Å²) in [4.78, 5) is 14.6. The van der Waals surface area contributed by atoms with E-state index in [1.54, 1.807) is 0 Å². The third-order valence-corrected chi connectivity index (χ3v) is 3.65. The maximum Gasteiger partial charge on any atom is 0.176 e. The average Bonchev–Trinajstić information content (AvgIpc) is 3.11. The topological polar surface area (TPSA) is 20.3 Å². The zero-order chi connectivity index (χ0) is 13.1. The Kier molecular flexibility index (Phi) is 4.57. The van der Waals surface area contributed by atoms with E-state index in [9.17, 15) is 4.79 Å². The molecule has 1 aromatic rings. The van der Waals surface area contributed by atoms with Crippen LogP contribution in [0.2, 0.25) is 0 Å². The first kappa shape index (κ1) is 13.8. The van der Waals surface area contributed by atoms with Crippen molar-refractivity contribution in [1.82, 2.24) is 4.90 Å². The van der Waals surface area contributed by atoms with E-state index in [0.717, 1.165) is 16.6 Å². The van der Waals surface area contributed by atoms with Gasteiger partial charge in [0.2, 0.25) is 0 Å². The molecule has 0 saturated heterocycles. The summed E-state index contributed by atoms with van der Waals surface area (Å²) in [6.07, 6.45) is 2.50. The van der Waals surface area contributed by atoms with E-state index in [1.165, 1.54) is 12.8 Å². The van der Waals surface area contributed by atoms with Gasteiger partial charge in [0.1, 0.15) is 0 Å². The summed E-state index contributed by atoms with van der Waals surface area (Å²) in [5.74, 6) is 0.838. The lowest BCUT2D eigenvalue weighted by Crippen LogP contribution is -2.34. The number of Topliss-reactive ketones (excluding diaryl/α,β-unsaturated/α-hetero) is 1. The number of rotatable bonds is 6. The highest BCUT2D eigenvalue weighted by Crippen LogP contribution is 2.27. The summed E-state index contributed by atoms with van der Waals surface area (Å²) in [7, 11) is 0. The summed E-state index contributed by atoms with van der Waals surface area (Å²) >= 11 is 3.41. The highest BCUT2D eigenvalue weighted by molar-refractivity contribution is 9.10. The molecule has 0 atom stereocenters. The summed E-state index contributed by atoms with van der Waals surface area (Å²) in [6.45, 7) is 5.99. The number of hydrogen-bond donors (Lipinski definition) is 0. The number of hydrogen-bond acceptors (Lipinski definition) is 2. The zero-order valence-electron chi connectivity index (χ0n) is 11.0. The Labute approximate surface area is 117 Å². The summed E-state index contributed by atoms with van der Waals surface area (Å²) < 4.78 is 0.968. The van der Waals surface area contributed by atoms with Crippen LogP contribution in [0.4, 0.5) is 0 Å². The molecular weight excluding hydrogens is 290 g/mol. The predicted molar refractivity (Wildman–Crippen MR) is 77.9 cm³/mol. The number of carbonyl (C=O) groups excluding carboxylic acids is 1. The van der Waals surface area contributed by atoms with Crippen LogP contribution in [-0.2, 0) is 0 Å². The van der Waals surface area contributed by atoms with Gasteiger partial charge < -0.3 is 0 Å². The first-order valence-electron chi connectivity index (χ1n) is 6.59. The van der Waals surface area contributed by atoms with Crippen molar-refractivity contribution in [1.29, 1.82) is 0 Å². The minimum absolute atomic E-state index is 0.226. The van der Waals surface area contributed by atoms with Gasteiger partial charge in [0.15, 0.2) is 5.78 Å². The minimum Gasteiger partial charge on any atom is -0.293 e. The van der Waals surface area contributed by atoms with Gasteiger partial charge in [0.25, 0.3) is 0 Å². The van der Waals surface area contributed by atoms with Crippen LogP contribution in [0.3, 0.4) is 0 Å². The van der Waals surface area contributed by atoms with E-state index < -0.39 is 0 Å². The Balaban J connectivity index is 2.00. The second-order valence-electron chi connectivity index (χ2n) is 5.49. The SMILES string of the molecule is CC(C)CN(CC(=O)c1cccc(Br)c1)C1CC1. The normalized spacial score (nSPS) is 15.4. The van der Waals surface area contributed by atoms with Crippen molar-refractivity contribution in [3.8, 4) is 0 Å². The molecule has 0 aromatic heterocycles. The molecule has 0 unspecified atom stereocenters. The van der Waals surface area contributed by atoms with Gasteiger partial charge in [-0.3, -0.25) is 9.69 Å². The molecule has 0 N–H and O–H groups in total. The van der Waals surface area contributed by atoms with E-state index in [-0.39, 0.29) is 5.78 Å². The van der Waals surface area contributed by atoms with Crippen molar-refractivity contribution in [2.24, 2.45) is 5.92 Å². The van der Waals surface area contributed by atoms with Gasteiger partial charge in [-0.1, -0.05) is 41.9 Å². The number of benzene rings is 1. The zero-order valence-corrected chi connectivity index (χ0v) is 12.6. The quantitative estimate of drug-likeness (QED) is 0.746. The Morgan fingerprint density at radius 2 is 2.17 bits per heavy atom. The summed E-state index contributed by atoms with van der Waals surface area (Å²) in [6, 6.07) is 8.31. The fraction of sp³-hybridized carbons (Fsp3) is 0.533. The first-order chi connectivity index (χ1) is 8.56. The Morgan fingerprint density at radius 1 is 1.44 bits per heavy atom. The molecule has 0 heterocycles. The van der Waals surface area contributed by atoms with Gasteiger partial charge in [0.05, 0.1) is 6.54 Å². The van der Waals surface area contributed by atoms with Gasteiger partial charge in [0, 0.05) is 22.6 Å². The maximum atomic E-state index is 12.3.